The van der Waals surface area contributed by atoms with E-state index in [1.807, 2.05) is 25.1 Å². The molecular weight excluding hydrogens is 294 g/mol. The Bertz CT molecular complexity index is 624. The van der Waals surface area contributed by atoms with Crippen LogP contribution in [0.5, 0.6) is 0 Å². The predicted octanol–water partition coefficient (Wildman–Crippen LogP) is 0.542. The largest absolute Gasteiger partial charge is 0.480 e. The number of benzene rings is 1. The normalized spacial score (nSPS) is 12.7. The van der Waals surface area contributed by atoms with Crippen molar-refractivity contribution in [3.8, 4) is 0 Å². The third-order valence-corrected chi connectivity index (χ3v) is 3.84. The molecule has 1 rings (SSSR count). The summed E-state index contributed by atoms with van der Waals surface area (Å²) in [6.45, 7) is 1.90. The van der Waals surface area contributed by atoms with E-state index in [-0.39, 0.29) is 18.6 Å². The van der Waals surface area contributed by atoms with Crippen molar-refractivity contribution in [1.29, 1.82) is 0 Å². The molecule has 2 N–H and O–H groups in total. The van der Waals surface area contributed by atoms with Crippen LogP contribution in [0, 0.1) is 6.92 Å². The van der Waals surface area contributed by atoms with Gasteiger partial charge >= 0.3 is 5.97 Å². The minimum Gasteiger partial charge on any atom is -0.480 e. The van der Waals surface area contributed by atoms with Gasteiger partial charge in [-0.15, -0.1) is 0 Å². The number of rotatable bonds is 7. The highest BCUT2D eigenvalue weighted by atomic mass is 32.2. The van der Waals surface area contributed by atoms with Gasteiger partial charge in [0.25, 0.3) is 0 Å². The van der Waals surface area contributed by atoms with Gasteiger partial charge in [-0.2, -0.15) is 0 Å². The molecule has 1 unspecified atom stereocenters. The van der Waals surface area contributed by atoms with Gasteiger partial charge in [-0.3, -0.25) is 4.79 Å². The number of carbonyl (C=O) groups is 2. The molecule has 0 aromatic heterocycles. The van der Waals surface area contributed by atoms with Gasteiger partial charge in [-0.1, -0.05) is 29.8 Å². The summed E-state index contributed by atoms with van der Waals surface area (Å²) in [5, 5.41) is 11.4. The third-order valence-electron chi connectivity index (χ3n) is 2.86. The lowest BCUT2D eigenvalue weighted by atomic mass is 10.1. The number of carboxylic acid groups (broad SMARTS) is 1. The molecule has 0 fully saturated rings. The Hall–Kier alpha value is -1.89. The molecule has 0 bridgehead atoms. The summed E-state index contributed by atoms with van der Waals surface area (Å²) in [4.78, 5) is 22.9. The average Bonchev–Trinajstić information content (AvgIpc) is 2.32. The van der Waals surface area contributed by atoms with Gasteiger partial charge in [0.1, 0.15) is 15.9 Å². The minimum atomic E-state index is -3.27. The smallest absolute Gasteiger partial charge is 0.326 e. The van der Waals surface area contributed by atoms with Crippen LogP contribution >= 0.6 is 0 Å². The van der Waals surface area contributed by atoms with Gasteiger partial charge in [0.2, 0.25) is 5.91 Å². The molecule has 21 heavy (non-hydrogen) atoms. The van der Waals surface area contributed by atoms with Gasteiger partial charge in [-0.05, 0) is 18.9 Å². The molecule has 1 aromatic rings. The fourth-order valence-corrected chi connectivity index (χ4v) is 2.51. The van der Waals surface area contributed by atoms with Crippen molar-refractivity contribution in [3.63, 3.8) is 0 Å². The van der Waals surface area contributed by atoms with E-state index in [1.54, 1.807) is 6.07 Å². The highest BCUT2D eigenvalue weighted by molar-refractivity contribution is 7.90. The number of carbonyl (C=O) groups excluding carboxylic acids is 1. The van der Waals surface area contributed by atoms with E-state index in [0.717, 1.165) is 17.4 Å². The van der Waals surface area contributed by atoms with Crippen LogP contribution in [0.3, 0.4) is 0 Å². The molecule has 0 aliphatic rings. The van der Waals surface area contributed by atoms with Gasteiger partial charge in [0, 0.05) is 6.26 Å². The number of carboxylic acids is 1. The Morgan fingerprint density at radius 1 is 1.33 bits per heavy atom. The lowest BCUT2D eigenvalue weighted by Crippen LogP contribution is -2.42. The fourth-order valence-electron chi connectivity index (χ4n) is 1.84. The molecule has 7 heteroatoms. The summed E-state index contributed by atoms with van der Waals surface area (Å²) >= 11 is 0. The highest BCUT2D eigenvalue weighted by Crippen LogP contribution is 2.05. The van der Waals surface area contributed by atoms with Crippen LogP contribution < -0.4 is 5.32 Å². The zero-order valence-electron chi connectivity index (χ0n) is 12.0. The van der Waals surface area contributed by atoms with E-state index in [1.165, 1.54) is 0 Å². The summed E-state index contributed by atoms with van der Waals surface area (Å²) < 4.78 is 22.1. The van der Waals surface area contributed by atoms with E-state index < -0.39 is 27.8 Å². The summed E-state index contributed by atoms with van der Waals surface area (Å²) in [5.74, 6) is -1.97. The Morgan fingerprint density at radius 3 is 2.52 bits per heavy atom. The molecule has 0 radical (unpaired) electrons. The first-order chi connectivity index (χ1) is 9.67. The summed E-state index contributed by atoms with van der Waals surface area (Å²) in [6, 6.07) is 6.13. The quantitative estimate of drug-likeness (QED) is 0.765. The molecule has 1 amide bonds. The number of aliphatic carboxylic acids is 1. The number of hydrogen-bond acceptors (Lipinski definition) is 4. The lowest BCUT2D eigenvalue weighted by Gasteiger charge is -2.14. The van der Waals surface area contributed by atoms with Crippen LogP contribution in [0.4, 0.5) is 0 Å². The van der Waals surface area contributed by atoms with Crippen molar-refractivity contribution in [2.45, 2.75) is 25.8 Å². The van der Waals surface area contributed by atoms with E-state index >= 15 is 0 Å². The molecule has 1 atom stereocenters. The molecule has 0 saturated carbocycles. The monoisotopic (exact) mass is 313 g/mol. The molecule has 0 aliphatic carbocycles. The minimum absolute atomic E-state index is 0.0599. The molecular formula is C14H19NO5S. The van der Waals surface area contributed by atoms with Crippen LogP contribution in [0.2, 0.25) is 0 Å². The fraction of sp³-hybridized carbons (Fsp3) is 0.429. The summed E-state index contributed by atoms with van der Waals surface area (Å²) in [7, 11) is -3.27. The zero-order chi connectivity index (χ0) is 16.0. The Labute approximate surface area is 124 Å². The number of hydrogen-bond donors (Lipinski definition) is 2. The van der Waals surface area contributed by atoms with E-state index in [0.29, 0.717) is 0 Å². The van der Waals surface area contributed by atoms with Crippen LogP contribution in [-0.4, -0.2) is 43.5 Å². The van der Waals surface area contributed by atoms with Crippen LogP contribution in [0.25, 0.3) is 0 Å². The summed E-state index contributed by atoms with van der Waals surface area (Å²) in [5.41, 5.74) is 1.78. The maximum absolute atomic E-state index is 11.8. The Balaban J connectivity index is 2.62. The van der Waals surface area contributed by atoms with Crippen molar-refractivity contribution < 1.29 is 23.1 Å². The molecule has 1 aromatic carbocycles. The van der Waals surface area contributed by atoms with Crippen molar-refractivity contribution in [2.75, 3.05) is 12.0 Å². The first-order valence-corrected chi connectivity index (χ1v) is 8.49. The van der Waals surface area contributed by atoms with Crippen molar-refractivity contribution in [3.05, 3.63) is 35.4 Å². The first-order valence-electron chi connectivity index (χ1n) is 6.43. The molecule has 0 spiro atoms. The molecule has 0 saturated heterocycles. The third kappa shape index (κ3) is 6.89. The molecule has 116 valence electrons. The second kappa shape index (κ2) is 7.21. The van der Waals surface area contributed by atoms with Gasteiger partial charge in [0.05, 0.1) is 12.2 Å². The summed E-state index contributed by atoms with van der Waals surface area (Å²) in [6.07, 6.45) is 0.943. The standard InChI is InChI=1S/C14H19NO5S/c1-10-4-3-5-11(8-10)9-13(16)15-12(14(17)18)6-7-21(2,19)20/h3-5,8,12H,6-7,9H2,1-2H3,(H,15,16)(H,17,18). The number of sulfone groups is 1. The topological polar surface area (TPSA) is 101 Å². The number of amides is 1. The van der Waals surface area contributed by atoms with Gasteiger partial charge < -0.3 is 10.4 Å². The van der Waals surface area contributed by atoms with Gasteiger partial charge in [-0.25, -0.2) is 13.2 Å². The van der Waals surface area contributed by atoms with Gasteiger partial charge in [0.15, 0.2) is 0 Å². The molecule has 0 heterocycles. The average molecular weight is 313 g/mol. The lowest BCUT2D eigenvalue weighted by molar-refractivity contribution is -0.141. The van der Waals surface area contributed by atoms with Crippen LogP contribution in [0.1, 0.15) is 17.5 Å². The Morgan fingerprint density at radius 2 is 2.00 bits per heavy atom. The van der Waals surface area contributed by atoms with E-state index in [4.69, 9.17) is 5.11 Å². The molecule has 6 nitrogen and oxygen atoms in total. The van der Waals surface area contributed by atoms with E-state index in [2.05, 4.69) is 5.32 Å². The zero-order valence-corrected chi connectivity index (χ0v) is 12.8. The van der Waals surface area contributed by atoms with Crippen LogP contribution in [0.15, 0.2) is 24.3 Å². The highest BCUT2D eigenvalue weighted by Gasteiger charge is 2.21. The number of nitrogens with one attached hydrogen (secondary N) is 1. The SMILES string of the molecule is Cc1cccc(CC(=O)NC(CCS(C)(=O)=O)C(=O)O)c1. The Kier molecular flexibility index (Phi) is 5.90. The van der Waals surface area contributed by atoms with Crippen molar-refractivity contribution >= 4 is 21.7 Å². The van der Waals surface area contributed by atoms with E-state index in [9.17, 15) is 18.0 Å². The maximum Gasteiger partial charge on any atom is 0.326 e. The second-order valence-corrected chi connectivity index (χ2v) is 7.30. The first kappa shape index (κ1) is 17.2. The van der Waals surface area contributed by atoms with Crippen molar-refractivity contribution in [2.24, 2.45) is 0 Å². The maximum atomic E-state index is 11.8. The molecule has 0 aliphatic heterocycles. The predicted molar refractivity (Wildman–Crippen MR) is 78.8 cm³/mol. The second-order valence-electron chi connectivity index (χ2n) is 5.04. The van der Waals surface area contributed by atoms with Crippen molar-refractivity contribution in [1.82, 2.24) is 5.32 Å². The number of aryl methyl sites for hydroxylation is 1. The van der Waals surface area contributed by atoms with Crippen LogP contribution in [-0.2, 0) is 25.8 Å².